The summed E-state index contributed by atoms with van der Waals surface area (Å²) in [6, 6.07) is 13.3. The maximum atomic E-state index is 12.4. The summed E-state index contributed by atoms with van der Waals surface area (Å²) in [6.07, 6.45) is 0.687. The van der Waals surface area contributed by atoms with E-state index in [4.69, 9.17) is 0 Å². The molecule has 0 aliphatic carbocycles. The first-order valence-electron chi connectivity index (χ1n) is 7.82. The predicted octanol–water partition coefficient (Wildman–Crippen LogP) is 3.32. The fourth-order valence-electron chi connectivity index (χ4n) is 2.15. The summed E-state index contributed by atoms with van der Waals surface area (Å²) in [6.45, 7) is 5.63. The lowest BCUT2D eigenvalue weighted by Crippen LogP contribution is -2.32. The Balaban J connectivity index is 2.22. The van der Waals surface area contributed by atoms with Crippen molar-refractivity contribution in [1.82, 2.24) is 4.72 Å². The Labute approximate surface area is 143 Å². The number of benzene rings is 2. The highest BCUT2D eigenvalue weighted by Gasteiger charge is 2.18. The second kappa shape index (κ2) is 7.59. The van der Waals surface area contributed by atoms with Crippen molar-refractivity contribution in [2.45, 2.75) is 38.1 Å². The number of sulfonamides is 1. The Kier molecular flexibility index (Phi) is 5.75. The molecule has 0 aliphatic rings. The van der Waals surface area contributed by atoms with E-state index in [-0.39, 0.29) is 16.8 Å². The molecular formula is C18H22N2O3S. The second-order valence-corrected chi connectivity index (χ2v) is 7.50. The molecule has 0 fully saturated rings. The largest absolute Gasteiger partial charge is 0.322 e. The van der Waals surface area contributed by atoms with Gasteiger partial charge < -0.3 is 5.32 Å². The van der Waals surface area contributed by atoms with Gasteiger partial charge in [-0.15, -0.1) is 0 Å². The molecule has 1 unspecified atom stereocenters. The van der Waals surface area contributed by atoms with Gasteiger partial charge in [-0.05, 0) is 56.2 Å². The van der Waals surface area contributed by atoms with E-state index >= 15 is 0 Å². The molecule has 2 N–H and O–H groups in total. The van der Waals surface area contributed by atoms with Gasteiger partial charge in [0.1, 0.15) is 0 Å². The van der Waals surface area contributed by atoms with Gasteiger partial charge in [-0.3, -0.25) is 4.79 Å². The van der Waals surface area contributed by atoms with Crippen LogP contribution in [0.3, 0.4) is 0 Å². The van der Waals surface area contributed by atoms with Gasteiger partial charge in [0.2, 0.25) is 10.0 Å². The van der Waals surface area contributed by atoms with Crippen LogP contribution in [-0.4, -0.2) is 20.4 Å². The lowest BCUT2D eigenvalue weighted by atomic mass is 10.2. The maximum absolute atomic E-state index is 12.4. The van der Waals surface area contributed by atoms with Crippen molar-refractivity contribution in [3.05, 3.63) is 59.7 Å². The van der Waals surface area contributed by atoms with Gasteiger partial charge in [0.25, 0.3) is 5.91 Å². The SMILES string of the molecule is CCC(C)NS(=O)(=O)c1cccc(C(=O)Nc2cccc(C)c2)c1. The predicted molar refractivity (Wildman–Crippen MR) is 95.6 cm³/mol. The first-order valence-corrected chi connectivity index (χ1v) is 9.30. The average Bonchev–Trinajstić information content (AvgIpc) is 2.54. The molecule has 0 heterocycles. The number of carbonyl (C=O) groups excluding carboxylic acids is 1. The summed E-state index contributed by atoms with van der Waals surface area (Å²) in [5.41, 5.74) is 2.00. The fraction of sp³-hybridized carbons (Fsp3) is 0.278. The molecule has 0 saturated carbocycles. The van der Waals surface area contributed by atoms with Gasteiger partial charge in [0, 0.05) is 17.3 Å². The molecule has 1 amide bonds. The van der Waals surface area contributed by atoms with Crippen molar-refractivity contribution >= 4 is 21.6 Å². The number of carbonyl (C=O) groups is 1. The maximum Gasteiger partial charge on any atom is 0.255 e. The molecule has 0 bridgehead atoms. The Morgan fingerprint density at radius 3 is 2.50 bits per heavy atom. The van der Waals surface area contributed by atoms with Gasteiger partial charge >= 0.3 is 0 Å². The highest BCUT2D eigenvalue weighted by atomic mass is 32.2. The summed E-state index contributed by atoms with van der Waals surface area (Å²) < 4.78 is 27.3. The van der Waals surface area contributed by atoms with Crippen LogP contribution in [0.15, 0.2) is 53.4 Å². The lowest BCUT2D eigenvalue weighted by Gasteiger charge is -2.13. The van der Waals surface area contributed by atoms with Crippen LogP contribution >= 0.6 is 0 Å². The Hall–Kier alpha value is -2.18. The number of amides is 1. The van der Waals surface area contributed by atoms with E-state index in [9.17, 15) is 13.2 Å². The van der Waals surface area contributed by atoms with Crippen LogP contribution in [0.5, 0.6) is 0 Å². The Bertz CT molecular complexity index is 832. The van der Waals surface area contributed by atoms with E-state index in [0.717, 1.165) is 5.56 Å². The zero-order valence-corrected chi connectivity index (χ0v) is 14.9. The zero-order chi connectivity index (χ0) is 17.7. The summed E-state index contributed by atoms with van der Waals surface area (Å²) >= 11 is 0. The van der Waals surface area contributed by atoms with E-state index in [1.165, 1.54) is 12.1 Å². The first kappa shape index (κ1) is 18.2. The first-order chi connectivity index (χ1) is 11.3. The Morgan fingerprint density at radius 2 is 1.83 bits per heavy atom. The van der Waals surface area contributed by atoms with Crippen LogP contribution in [0.25, 0.3) is 0 Å². The molecule has 2 aromatic carbocycles. The average molecular weight is 346 g/mol. The minimum atomic E-state index is -3.64. The number of rotatable bonds is 6. The van der Waals surface area contributed by atoms with Crippen LogP contribution < -0.4 is 10.0 Å². The summed E-state index contributed by atoms with van der Waals surface area (Å²) in [5.74, 6) is -0.346. The van der Waals surface area contributed by atoms with E-state index in [0.29, 0.717) is 17.7 Å². The van der Waals surface area contributed by atoms with Crippen molar-refractivity contribution in [1.29, 1.82) is 0 Å². The van der Waals surface area contributed by atoms with Gasteiger partial charge in [0.15, 0.2) is 0 Å². The normalized spacial score (nSPS) is 12.6. The smallest absolute Gasteiger partial charge is 0.255 e. The summed E-state index contributed by atoms with van der Waals surface area (Å²) in [5, 5.41) is 2.78. The third kappa shape index (κ3) is 4.66. The number of aryl methyl sites for hydroxylation is 1. The van der Waals surface area contributed by atoms with E-state index in [1.807, 2.05) is 32.0 Å². The molecule has 6 heteroatoms. The highest BCUT2D eigenvalue weighted by molar-refractivity contribution is 7.89. The standard InChI is InChI=1S/C18H22N2O3S/c1-4-14(3)20-24(22,23)17-10-6-8-15(12-17)18(21)19-16-9-5-7-13(2)11-16/h5-12,14,20H,4H2,1-3H3,(H,19,21). The van der Waals surface area contributed by atoms with Crippen LogP contribution in [0.1, 0.15) is 36.2 Å². The van der Waals surface area contributed by atoms with Crippen molar-refractivity contribution in [3.63, 3.8) is 0 Å². The molecule has 0 saturated heterocycles. The molecule has 0 spiro atoms. The molecule has 0 radical (unpaired) electrons. The van der Waals surface area contributed by atoms with Crippen molar-refractivity contribution in [2.75, 3.05) is 5.32 Å². The minimum Gasteiger partial charge on any atom is -0.322 e. The molecule has 128 valence electrons. The van der Waals surface area contributed by atoms with Gasteiger partial charge in [-0.25, -0.2) is 13.1 Å². The van der Waals surface area contributed by atoms with Crippen LogP contribution in [0.2, 0.25) is 0 Å². The van der Waals surface area contributed by atoms with E-state index in [2.05, 4.69) is 10.0 Å². The Morgan fingerprint density at radius 1 is 1.12 bits per heavy atom. The molecular weight excluding hydrogens is 324 g/mol. The number of nitrogens with one attached hydrogen (secondary N) is 2. The third-order valence-electron chi connectivity index (χ3n) is 3.65. The highest BCUT2D eigenvalue weighted by Crippen LogP contribution is 2.15. The monoisotopic (exact) mass is 346 g/mol. The zero-order valence-electron chi connectivity index (χ0n) is 14.0. The summed E-state index contributed by atoms with van der Waals surface area (Å²) in [7, 11) is -3.64. The molecule has 5 nitrogen and oxygen atoms in total. The molecule has 2 aromatic rings. The van der Waals surface area contributed by atoms with Crippen molar-refractivity contribution < 1.29 is 13.2 Å². The van der Waals surface area contributed by atoms with Gasteiger partial charge in [-0.1, -0.05) is 25.1 Å². The minimum absolute atomic E-state index is 0.0830. The van der Waals surface area contributed by atoms with E-state index < -0.39 is 10.0 Å². The van der Waals surface area contributed by atoms with Crippen molar-refractivity contribution in [3.8, 4) is 0 Å². The number of anilines is 1. The third-order valence-corrected chi connectivity index (χ3v) is 5.24. The molecule has 24 heavy (non-hydrogen) atoms. The number of hydrogen-bond donors (Lipinski definition) is 2. The summed E-state index contributed by atoms with van der Waals surface area (Å²) in [4.78, 5) is 12.4. The van der Waals surface area contributed by atoms with Gasteiger partial charge in [0.05, 0.1) is 4.90 Å². The van der Waals surface area contributed by atoms with Crippen molar-refractivity contribution in [2.24, 2.45) is 0 Å². The van der Waals surface area contributed by atoms with Crippen LogP contribution in [0.4, 0.5) is 5.69 Å². The van der Waals surface area contributed by atoms with Gasteiger partial charge in [-0.2, -0.15) is 0 Å². The van der Waals surface area contributed by atoms with Crippen LogP contribution in [-0.2, 0) is 10.0 Å². The molecule has 2 rings (SSSR count). The molecule has 0 aliphatic heterocycles. The van der Waals surface area contributed by atoms with Crippen LogP contribution in [0, 0.1) is 6.92 Å². The second-order valence-electron chi connectivity index (χ2n) is 5.78. The molecule has 0 aromatic heterocycles. The lowest BCUT2D eigenvalue weighted by molar-refractivity contribution is 0.102. The topological polar surface area (TPSA) is 75.3 Å². The molecule has 1 atom stereocenters. The number of hydrogen-bond acceptors (Lipinski definition) is 3. The quantitative estimate of drug-likeness (QED) is 0.842. The fourth-order valence-corrected chi connectivity index (χ4v) is 3.52. The van der Waals surface area contributed by atoms with E-state index in [1.54, 1.807) is 25.1 Å².